The van der Waals surface area contributed by atoms with Crippen LogP contribution in [0, 0.1) is 6.92 Å². The fraction of sp³-hybridized carbons (Fsp3) is 0.240. The Labute approximate surface area is 189 Å². The largest absolute Gasteiger partial charge is 0.457 e. The number of rotatable bonds is 5. The first-order chi connectivity index (χ1) is 15.4. The average molecular weight is 451 g/mol. The molecule has 3 aromatic rings. The van der Waals surface area contributed by atoms with Crippen molar-refractivity contribution in [1.82, 2.24) is 9.21 Å². The van der Waals surface area contributed by atoms with Crippen LogP contribution >= 0.6 is 0 Å². The van der Waals surface area contributed by atoms with E-state index in [2.05, 4.69) is 0 Å². The zero-order chi connectivity index (χ0) is 22.6. The van der Waals surface area contributed by atoms with E-state index < -0.39 is 10.0 Å². The van der Waals surface area contributed by atoms with Gasteiger partial charge in [-0.1, -0.05) is 35.9 Å². The van der Waals surface area contributed by atoms with E-state index in [0.717, 1.165) is 11.3 Å². The molecule has 1 heterocycles. The van der Waals surface area contributed by atoms with Crippen LogP contribution < -0.4 is 4.74 Å². The Balaban J connectivity index is 1.40. The molecular formula is C25H26N2O4S. The summed E-state index contributed by atoms with van der Waals surface area (Å²) in [6, 6.07) is 23.3. The van der Waals surface area contributed by atoms with E-state index in [0.29, 0.717) is 37.4 Å². The van der Waals surface area contributed by atoms with Gasteiger partial charge in [-0.15, -0.1) is 0 Å². The number of hydrogen-bond acceptors (Lipinski definition) is 4. The number of amides is 1. The van der Waals surface area contributed by atoms with Crippen molar-refractivity contribution in [3.8, 4) is 11.5 Å². The second kappa shape index (κ2) is 9.54. The highest BCUT2D eigenvalue weighted by Gasteiger charge is 2.28. The molecule has 1 fully saturated rings. The molecule has 166 valence electrons. The summed E-state index contributed by atoms with van der Waals surface area (Å²) < 4.78 is 33.2. The summed E-state index contributed by atoms with van der Waals surface area (Å²) in [6.07, 6.45) is 0.589. The molecule has 7 heteroatoms. The van der Waals surface area contributed by atoms with Crippen LogP contribution in [-0.2, 0) is 10.0 Å². The maximum absolute atomic E-state index is 13.0. The molecule has 0 bridgehead atoms. The smallest absolute Gasteiger partial charge is 0.253 e. The molecule has 3 aromatic carbocycles. The summed E-state index contributed by atoms with van der Waals surface area (Å²) >= 11 is 0. The molecule has 1 aliphatic heterocycles. The molecule has 1 amide bonds. The van der Waals surface area contributed by atoms with Crippen molar-refractivity contribution in [1.29, 1.82) is 0 Å². The molecule has 0 aromatic heterocycles. The minimum atomic E-state index is -3.57. The Morgan fingerprint density at radius 3 is 2.12 bits per heavy atom. The van der Waals surface area contributed by atoms with Gasteiger partial charge in [-0.2, -0.15) is 4.31 Å². The number of carbonyl (C=O) groups excluding carboxylic acids is 1. The fourth-order valence-electron chi connectivity index (χ4n) is 3.67. The maximum atomic E-state index is 13.0. The molecule has 0 saturated carbocycles. The molecule has 0 spiro atoms. The highest BCUT2D eigenvalue weighted by Crippen LogP contribution is 2.23. The highest BCUT2D eigenvalue weighted by molar-refractivity contribution is 7.89. The molecule has 4 rings (SSSR count). The van der Waals surface area contributed by atoms with Crippen LogP contribution in [0.5, 0.6) is 11.5 Å². The van der Waals surface area contributed by atoms with E-state index in [1.54, 1.807) is 53.4 Å². The minimum Gasteiger partial charge on any atom is -0.457 e. The number of sulfonamides is 1. The number of hydrogen-bond donors (Lipinski definition) is 0. The van der Waals surface area contributed by atoms with Gasteiger partial charge < -0.3 is 9.64 Å². The van der Waals surface area contributed by atoms with Gasteiger partial charge in [-0.3, -0.25) is 4.79 Å². The Morgan fingerprint density at radius 1 is 0.781 bits per heavy atom. The SMILES string of the molecule is Cc1ccc(S(=O)(=O)N2CCCN(C(=O)c3ccc(Oc4ccccc4)cc3)CC2)cc1. The number of para-hydroxylation sites is 1. The Hall–Kier alpha value is -3.16. The zero-order valence-corrected chi connectivity index (χ0v) is 18.8. The lowest BCUT2D eigenvalue weighted by Gasteiger charge is -2.22. The third-order valence-corrected chi connectivity index (χ3v) is 7.39. The zero-order valence-electron chi connectivity index (χ0n) is 18.0. The van der Waals surface area contributed by atoms with Gasteiger partial charge in [0.15, 0.2) is 0 Å². The van der Waals surface area contributed by atoms with E-state index in [-0.39, 0.29) is 17.3 Å². The van der Waals surface area contributed by atoms with Gasteiger partial charge in [0.1, 0.15) is 11.5 Å². The van der Waals surface area contributed by atoms with Crippen LogP contribution in [0.15, 0.2) is 83.8 Å². The highest BCUT2D eigenvalue weighted by atomic mass is 32.2. The quantitative estimate of drug-likeness (QED) is 0.581. The monoisotopic (exact) mass is 450 g/mol. The standard InChI is InChI=1S/C25H26N2O4S/c1-20-8-14-24(15-9-20)32(29,30)27-17-5-16-26(18-19-27)25(28)21-10-12-23(13-11-21)31-22-6-3-2-4-7-22/h2-4,6-15H,5,16-19H2,1H3. The summed E-state index contributed by atoms with van der Waals surface area (Å²) in [5.41, 5.74) is 1.57. The topological polar surface area (TPSA) is 66.9 Å². The van der Waals surface area contributed by atoms with E-state index in [1.807, 2.05) is 37.3 Å². The molecular weight excluding hydrogens is 424 g/mol. The summed E-state index contributed by atoms with van der Waals surface area (Å²) in [7, 11) is -3.57. The second-order valence-corrected chi connectivity index (χ2v) is 9.74. The van der Waals surface area contributed by atoms with Crippen molar-refractivity contribution in [2.24, 2.45) is 0 Å². The normalized spacial score (nSPS) is 15.2. The van der Waals surface area contributed by atoms with E-state index in [4.69, 9.17) is 4.74 Å². The van der Waals surface area contributed by atoms with E-state index in [1.165, 1.54) is 4.31 Å². The van der Waals surface area contributed by atoms with Crippen LogP contribution in [0.1, 0.15) is 22.3 Å². The lowest BCUT2D eigenvalue weighted by atomic mass is 10.2. The number of aryl methyl sites for hydroxylation is 1. The molecule has 1 saturated heterocycles. The van der Waals surface area contributed by atoms with Gasteiger partial charge in [-0.05, 0) is 61.9 Å². The summed E-state index contributed by atoms with van der Waals surface area (Å²) in [4.78, 5) is 15.0. The van der Waals surface area contributed by atoms with Crippen LogP contribution in [0.25, 0.3) is 0 Å². The maximum Gasteiger partial charge on any atom is 0.253 e. The average Bonchev–Trinajstić information content (AvgIpc) is 3.07. The Bertz CT molecular complexity index is 1160. The first-order valence-corrected chi connectivity index (χ1v) is 12.1. The Morgan fingerprint density at radius 2 is 1.44 bits per heavy atom. The van der Waals surface area contributed by atoms with Gasteiger partial charge in [0.05, 0.1) is 4.90 Å². The molecule has 32 heavy (non-hydrogen) atoms. The molecule has 0 atom stereocenters. The summed E-state index contributed by atoms with van der Waals surface area (Å²) in [5.74, 6) is 1.28. The number of benzene rings is 3. The summed E-state index contributed by atoms with van der Waals surface area (Å²) in [6.45, 7) is 3.46. The minimum absolute atomic E-state index is 0.106. The van der Waals surface area contributed by atoms with Crippen molar-refractivity contribution < 1.29 is 17.9 Å². The second-order valence-electron chi connectivity index (χ2n) is 7.80. The molecule has 0 N–H and O–H groups in total. The van der Waals surface area contributed by atoms with Gasteiger partial charge in [-0.25, -0.2) is 8.42 Å². The van der Waals surface area contributed by atoms with Crippen molar-refractivity contribution in [3.63, 3.8) is 0 Å². The molecule has 0 unspecified atom stereocenters. The lowest BCUT2D eigenvalue weighted by Crippen LogP contribution is -2.37. The third kappa shape index (κ3) is 5.00. The van der Waals surface area contributed by atoms with Gasteiger partial charge in [0.2, 0.25) is 10.0 Å². The first kappa shape index (κ1) is 22.0. The van der Waals surface area contributed by atoms with Crippen LogP contribution in [-0.4, -0.2) is 49.7 Å². The molecule has 0 aliphatic carbocycles. The molecule has 6 nitrogen and oxygen atoms in total. The van der Waals surface area contributed by atoms with Crippen molar-refractivity contribution in [2.45, 2.75) is 18.2 Å². The van der Waals surface area contributed by atoms with Gasteiger partial charge >= 0.3 is 0 Å². The molecule has 1 aliphatic rings. The summed E-state index contributed by atoms with van der Waals surface area (Å²) in [5, 5.41) is 0. The predicted molar refractivity (Wildman–Crippen MR) is 123 cm³/mol. The van der Waals surface area contributed by atoms with E-state index >= 15 is 0 Å². The fourth-order valence-corrected chi connectivity index (χ4v) is 5.14. The van der Waals surface area contributed by atoms with E-state index in [9.17, 15) is 13.2 Å². The number of ether oxygens (including phenoxy) is 1. The third-order valence-electron chi connectivity index (χ3n) is 5.48. The van der Waals surface area contributed by atoms with Crippen LogP contribution in [0.4, 0.5) is 0 Å². The van der Waals surface area contributed by atoms with Crippen molar-refractivity contribution >= 4 is 15.9 Å². The number of nitrogens with zero attached hydrogens (tertiary/aromatic N) is 2. The lowest BCUT2D eigenvalue weighted by molar-refractivity contribution is 0.0764. The van der Waals surface area contributed by atoms with Gasteiger partial charge in [0, 0.05) is 31.7 Å². The predicted octanol–water partition coefficient (Wildman–Crippen LogP) is 4.32. The van der Waals surface area contributed by atoms with Crippen LogP contribution in [0.3, 0.4) is 0 Å². The van der Waals surface area contributed by atoms with Gasteiger partial charge in [0.25, 0.3) is 5.91 Å². The number of carbonyl (C=O) groups is 1. The first-order valence-electron chi connectivity index (χ1n) is 10.6. The molecule has 0 radical (unpaired) electrons. The Kier molecular flexibility index (Phi) is 6.58. The van der Waals surface area contributed by atoms with Crippen molar-refractivity contribution in [3.05, 3.63) is 90.0 Å². The van der Waals surface area contributed by atoms with Crippen LogP contribution in [0.2, 0.25) is 0 Å². The van der Waals surface area contributed by atoms with Crippen molar-refractivity contribution in [2.75, 3.05) is 26.2 Å².